The number of rotatable bonds is 7. The van der Waals surface area contributed by atoms with Crippen molar-refractivity contribution in [1.29, 1.82) is 0 Å². The summed E-state index contributed by atoms with van der Waals surface area (Å²) >= 11 is 6.68. The molecule has 0 fully saturated rings. The van der Waals surface area contributed by atoms with Crippen LogP contribution >= 0.6 is 11.6 Å². The highest BCUT2D eigenvalue weighted by atomic mass is 35.5. The molecule has 4 aromatic rings. The number of hydrogen-bond donors (Lipinski definition) is 1. The van der Waals surface area contributed by atoms with Crippen molar-refractivity contribution in [3.05, 3.63) is 53.2 Å². The van der Waals surface area contributed by atoms with Crippen LogP contribution in [0.5, 0.6) is 11.5 Å². The molecule has 7 nitrogen and oxygen atoms in total. The number of methoxy groups -OCH3 is 2. The first-order chi connectivity index (χ1) is 15.5. The smallest absolute Gasteiger partial charge is 0.424 e. The van der Waals surface area contributed by atoms with Crippen LogP contribution in [0.1, 0.15) is 19.5 Å². The molecular formula is C24H27ClN5O2+. The van der Waals surface area contributed by atoms with Crippen molar-refractivity contribution in [2.75, 3.05) is 32.2 Å². The van der Waals surface area contributed by atoms with E-state index in [9.17, 15) is 0 Å². The lowest BCUT2D eigenvalue weighted by atomic mass is 10.0. The molecule has 0 saturated carbocycles. The fourth-order valence-corrected chi connectivity index (χ4v) is 4.22. The number of pyridine rings is 1. The van der Waals surface area contributed by atoms with Gasteiger partial charge in [-0.15, -0.1) is 5.10 Å². The third kappa shape index (κ3) is 3.73. The second-order valence-electron chi connectivity index (χ2n) is 7.38. The fourth-order valence-electron chi connectivity index (χ4n) is 3.99. The summed E-state index contributed by atoms with van der Waals surface area (Å²) in [6, 6.07) is 13.8. The normalized spacial score (nSPS) is 11.1. The van der Waals surface area contributed by atoms with E-state index in [-0.39, 0.29) is 0 Å². The zero-order chi connectivity index (χ0) is 22.8. The molecule has 8 heteroatoms. The van der Waals surface area contributed by atoms with E-state index >= 15 is 0 Å². The molecule has 0 unspecified atom stereocenters. The number of aromatic nitrogens is 4. The summed E-state index contributed by atoms with van der Waals surface area (Å²) in [6.45, 7) is 7.86. The van der Waals surface area contributed by atoms with Crippen LogP contribution in [-0.4, -0.2) is 42.5 Å². The topological polar surface area (TPSA) is 67.2 Å². The Kier molecular flexibility index (Phi) is 6.19. The molecule has 0 aliphatic rings. The Morgan fingerprint density at radius 1 is 1.03 bits per heavy atom. The molecule has 2 heterocycles. The molecule has 166 valence electrons. The maximum absolute atomic E-state index is 6.68. The predicted molar refractivity (Wildman–Crippen MR) is 127 cm³/mol. The molecule has 0 saturated heterocycles. The van der Waals surface area contributed by atoms with Gasteiger partial charge in [-0.2, -0.15) is 4.57 Å². The molecule has 0 bridgehead atoms. The Labute approximate surface area is 192 Å². The number of ether oxygens (including phenoxy) is 2. The van der Waals surface area contributed by atoms with E-state index in [4.69, 9.17) is 26.1 Å². The van der Waals surface area contributed by atoms with Gasteiger partial charge in [0.2, 0.25) is 0 Å². The van der Waals surface area contributed by atoms with E-state index in [1.807, 2.05) is 43.3 Å². The number of halogens is 1. The van der Waals surface area contributed by atoms with Crippen molar-refractivity contribution in [1.82, 2.24) is 15.2 Å². The molecule has 0 amide bonds. The molecule has 1 N–H and O–H groups in total. The van der Waals surface area contributed by atoms with E-state index < -0.39 is 0 Å². The van der Waals surface area contributed by atoms with Gasteiger partial charge in [-0.25, -0.2) is 0 Å². The zero-order valence-electron chi connectivity index (χ0n) is 18.9. The Bertz CT molecular complexity index is 1270. The number of fused-ring (bicyclic) bond motifs is 1. The lowest BCUT2D eigenvalue weighted by molar-refractivity contribution is -0.597. The minimum atomic E-state index is 0.621. The van der Waals surface area contributed by atoms with Crippen LogP contribution in [0.3, 0.4) is 0 Å². The quantitative estimate of drug-likeness (QED) is 0.411. The zero-order valence-corrected chi connectivity index (χ0v) is 19.7. The molecular weight excluding hydrogens is 426 g/mol. The second kappa shape index (κ2) is 9.04. The summed E-state index contributed by atoms with van der Waals surface area (Å²) in [5.74, 6) is 2.60. The number of H-pyrrole nitrogens is 1. The van der Waals surface area contributed by atoms with Crippen LogP contribution in [0.15, 0.2) is 42.5 Å². The Balaban J connectivity index is 2.08. The number of anilines is 1. The largest absolute Gasteiger partial charge is 0.493 e. The van der Waals surface area contributed by atoms with E-state index in [0.29, 0.717) is 28.4 Å². The minimum absolute atomic E-state index is 0.621. The molecule has 0 radical (unpaired) electrons. The summed E-state index contributed by atoms with van der Waals surface area (Å²) in [7, 11) is 3.27. The lowest BCUT2D eigenvalue weighted by Gasteiger charge is -2.16. The molecule has 0 aliphatic heterocycles. The van der Waals surface area contributed by atoms with Gasteiger partial charge in [0.1, 0.15) is 5.69 Å². The van der Waals surface area contributed by atoms with Crippen LogP contribution in [0.2, 0.25) is 5.02 Å². The van der Waals surface area contributed by atoms with Crippen LogP contribution in [0, 0.1) is 6.92 Å². The average molecular weight is 453 g/mol. The Morgan fingerprint density at radius 3 is 2.38 bits per heavy atom. The standard InChI is InChI=1S/C24H27ClN5O2/c1-6-29(7-2)23-26-24(28-27-23)30-15(3)12-16-13-20(31-4)21(32-5)14-18(16)22(30)17-10-8-9-11-19(17)25/h8-14H,6-7H2,1-5H3,(H,26,27,28)/q+1. The summed E-state index contributed by atoms with van der Waals surface area (Å²) in [5, 5.41) is 10.2. The molecule has 0 spiro atoms. The Morgan fingerprint density at radius 2 is 1.72 bits per heavy atom. The first kappa shape index (κ1) is 21.9. The highest BCUT2D eigenvalue weighted by Gasteiger charge is 2.26. The molecule has 4 rings (SSSR count). The van der Waals surface area contributed by atoms with Gasteiger partial charge in [-0.05, 0) is 61.5 Å². The fraction of sp³-hybridized carbons (Fsp3) is 0.292. The van der Waals surface area contributed by atoms with Gasteiger partial charge >= 0.3 is 11.9 Å². The van der Waals surface area contributed by atoms with Crippen LogP contribution in [0.4, 0.5) is 5.95 Å². The Hall–Kier alpha value is -3.32. The minimum Gasteiger partial charge on any atom is -0.493 e. The third-order valence-electron chi connectivity index (χ3n) is 5.60. The van der Waals surface area contributed by atoms with Crippen molar-refractivity contribution in [2.24, 2.45) is 0 Å². The van der Waals surface area contributed by atoms with Gasteiger partial charge < -0.3 is 14.4 Å². The van der Waals surface area contributed by atoms with E-state index in [1.165, 1.54) is 0 Å². The highest BCUT2D eigenvalue weighted by molar-refractivity contribution is 6.33. The van der Waals surface area contributed by atoms with Crippen LogP contribution in [-0.2, 0) is 0 Å². The lowest BCUT2D eigenvalue weighted by Crippen LogP contribution is -2.39. The molecule has 0 atom stereocenters. The van der Waals surface area contributed by atoms with Crippen LogP contribution in [0.25, 0.3) is 28.0 Å². The number of hydrogen-bond acceptors (Lipinski definition) is 5. The SMILES string of the molecule is CCN(CC)c1n[nH]c(-[n+]2c(C)cc3cc(OC)c(OC)cc3c2-c2ccccc2Cl)n1. The first-order valence-electron chi connectivity index (χ1n) is 10.6. The third-order valence-corrected chi connectivity index (χ3v) is 5.93. The summed E-state index contributed by atoms with van der Waals surface area (Å²) in [4.78, 5) is 6.90. The van der Waals surface area contributed by atoms with Crippen molar-refractivity contribution in [3.8, 4) is 28.7 Å². The van der Waals surface area contributed by atoms with Gasteiger partial charge in [0.25, 0.3) is 0 Å². The van der Waals surface area contributed by atoms with Gasteiger partial charge in [-0.3, -0.25) is 0 Å². The summed E-state index contributed by atoms with van der Waals surface area (Å²) in [6.07, 6.45) is 0. The second-order valence-corrected chi connectivity index (χ2v) is 7.78. The number of nitrogens with one attached hydrogen (secondary N) is 1. The van der Waals surface area contributed by atoms with E-state index in [0.717, 1.165) is 40.8 Å². The number of benzene rings is 2. The van der Waals surface area contributed by atoms with Crippen molar-refractivity contribution >= 4 is 28.3 Å². The number of aromatic amines is 1. The predicted octanol–water partition coefficient (Wildman–Crippen LogP) is 4.73. The van der Waals surface area contributed by atoms with Gasteiger partial charge in [-0.1, -0.05) is 28.8 Å². The number of nitrogens with zero attached hydrogens (tertiary/aromatic N) is 4. The van der Waals surface area contributed by atoms with Crippen molar-refractivity contribution < 1.29 is 14.0 Å². The first-order valence-corrected chi connectivity index (χ1v) is 10.9. The maximum Gasteiger partial charge on any atom is 0.424 e. The van der Waals surface area contributed by atoms with Gasteiger partial charge in [0.15, 0.2) is 11.5 Å². The molecule has 2 aromatic carbocycles. The monoisotopic (exact) mass is 452 g/mol. The molecule has 2 aromatic heterocycles. The summed E-state index contributed by atoms with van der Waals surface area (Å²) in [5.41, 5.74) is 2.76. The van der Waals surface area contributed by atoms with Gasteiger partial charge in [0.05, 0.1) is 24.9 Å². The maximum atomic E-state index is 6.68. The van der Waals surface area contributed by atoms with Crippen molar-refractivity contribution in [2.45, 2.75) is 20.8 Å². The highest BCUT2D eigenvalue weighted by Crippen LogP contribution is 2.38. The van der Waals surface area contributed by atoms with E-state index in [2.05, 4.69) is 39.6 Å². The average Bonchev–Trinajstić information content (AvgIpc) is 3.28. The van der Waals surface area contributed by atoms with Crippen LogP contribution < -0.4 is 18.9 Å². The number of aryl methyl sites for hydroxylation is 1. The molecule has 0 aliphatic carbocycles. The summed E-state index contributed by atoms with van der Waals surface area (Å²) < 4.78 is 13.2. The van der Waals surface area contributed by atoms with Crippen molar-refractivity contribution in [3.63, 3.8) is 0 Å². The van der Waals surface area contributed by atoms with E-state index in [1.54, 1.807) is 14.2 Å². The molecule has 32 heavy (non-hydrogen) atoms. The van der Waals surface area contributed by atoms with Gasteiger partial charge in [0, 0.05) is 24.0 Å².